The van der Waals surface area contributed by atoms with E-state index >= 15 is 0 Å². The average molecular weight is 196 g/mol. The molecule has 1 nitrogen and oxygen atoms in total. The van der Waals surface area contributed by atoms with Gasteiger partial charge in [-0.2, -0.15) is 0 Å². The Morgan fingerprint density at radius 1 is 1.29 bits per heavy atom. The van der Waals surface area contributed by atoms with E-state index in [1.54, 1.807) is 0 Å². The second-order valence-corrected chi connectivity index (χ2v) is 4.61. The van der Waals surface area contributed by atoms with Crippen LogP contribution in [-0.4, -0.2) is 11.2 Å². The molecule has 0 spiro atoms. The summed E-state index contributed by atoms with van der Waals surface area (Å²) in [5, 5.41) is 9.79. The Morgan fingerprint density at radius 3 is 2.64 bits per heavy atom. The summed E-state index contributed by atoms with van der Waals surface area (Å²) in [6.07, 6.45) is 12.9. The van der Waals surface area contributed by atoms with Crippen LogP contribution in [0.15, 0.2) is 12.7 Å². The molecule has 1 rings (SSSR count). The average Bonchev–Trinajstić information content (AvgIpc) is 2.20. The molecule has 1 aliphatic rings. The van der Waals surface area contributed by atoms with Crippen molar-refractivity contribution < 1.29 is 5.11 Å². The summed E-state index contributed by atoms with van der Waals surface area (Å²) in [4.78, 5) is 0. The third-order valence-corrected chi connectivity index (χ3v) is 3.28. The SMILES string of the molecule is C=CCCCC(O)CC1CCCCC1. The number of rotatable bonds is 6. The Labute approximate surface area is 88.2 Å². The Morgan fingerprint density at radius 2 is 2.00 bits per heavy atom. The molecular weight excluding hydrogens is 172 g/mol. The lowest BCUT2D eigenvalue weighted by Crippen LogP contribution is -2.15. The first-order valence-electron chi connectivity index (χ1n) is 6.12. The Kier molecular flexibility index (Phi) is 5.93. The third-order valence-electron chi connectivity index (χ3n) is 3.28. The van der Waals surface area contributed by atoms with E-state index < -0.39 is 0 Å². The van der Waals surface area contributed by atoms with Crippen molar-refractivity contribution in [1.82, 2.24) is 0 Å². The van der Waals surface area contributed by atoms with Gasteiger partial charge in [-0.05, 0) is 31.6 Å². The number of aliphatic hydroxyl groups is 1. The predicted octanol–water partition coefficient (Wildman–Crippen LogP) is 3.67. The smallest absolute Gasteiger partial charge is 0.0543 e. The summed E-state index contributed by atoms with van der Waals surface area (Å²) >= 11 is 0. The summed E-state index contributed by atoms with van der Waals surface area (Å²) in [6, 6.07) is 0. The van der Waals surface area contributed by atoms with Crippen LogP contribution in [-0.2, 0) is 0 Å². The number of hydrogen-bond donors (Lipinski definition) is 1. The quantitative estimate of drug-likeness (QED) is 0.507. The van der Waals surface area contributed by atoms with Gasteiger partial charge in [0.2, 0.25) is 0 Å². The van der Waals surface area contributed by atoms with Gasteiger partial charge < -0.3 is 5.11 Å². The van der Waals surface area contributed by atoms with Crippen LogP contribution in [0.1, 0.15) is 57.8 Å². The van der Waals surface area contributed by atoms with Gasteiger partial charge in [-0.1, -0.05) is 38.2 Å². The molecule has 0 aliphatic heterocycles. The van der Waals surface area contributed by atoms with Gasteiger partial charge in [0.15, 0.2) is 0 Å². The van der Waals surface area contributed by atoms with E-state index in [2.05, 4.69) is 6.58 Å². The van der Waals surface area contributed by atoms with Gasteiger partial charge in [0.25, 0.3) is 0 Å². The van der Waals surface area contributed by atoms with Crippen molar-refractivity contribution in [3.05, 3.63) is 12.7 Å². The van der Waals surface area contributed by atoms with Gasteiger partial charge in [-0.25, -0.2) is 0 Å². The van der Waals surface area contributed by atoms with E-state index in [1.165, 1.54) is 32.1 Å². The lowest BCUT2D eigenvalue weighted by molar-refractivity contribution is 0.120. The summed E-state index contributed by atoms with van der Waals surface area (Å²) in [7, 11) is 0. The zero-order valence-electron chi connectivity index (χ0n) is 9.25. The molecule has 0 aromatic heterocycles. The highest BCUT2D eigenvalue weighted by Gasteiger charge is 2.16. The van der Waals surface area contributed by atoms with Crippen molar-refractivity contribution in [3.63, 3.8) is 0 Å². The molecule has 0 amide bonds. The third kappa shape index (κ3) is 4.80. The highest BCUT2D eigenvalue weighted by Crippen LogP contribution is 2.28. The summed E-state index contributed by atoms with van der Waals surface area (Å²) in [5.41, 5.74) is 0. The van der Waals surface area contributed by atoms with Gasteiger partial charge in [0.05, 0.1) is 6.10 Å². The molecule has 1 aliphatic carbocycles. The number of hydrogen-bond acceptors (Lipinski definition) is 1. The van der Waals surface area contributed by atoms with Crippen LogP contribution in [0.5, 0.6) is 0 Å². The fraction of sp³-hybridized carbons (Fsp3) is 0.846. The van der Waals surface area contributed by atoms with Crippen molar-refractivity contribution in [2.75, 3.05) is 0 Å². The van der Waals surface area contributed by atoms with Crippen molar-refractivity contribution in [3.8, 4) is 0 Å². The minimum atomic E-state index is -0.0574. The molecule has 14 heavy (non-hydrogen) atoms. The molecule has 1 unspecified atom stereocenters. The van der Waals surface area contributed by atoms with E-state index in [-0.39, 0.29) is 6.10 Å². The van der Waals surface area contributed by atoms with Gasteiger partial charge >= 0.3 is 0 Å². The van der Waals surface area contributed by atoms with Crippen molar-refractivity contribution >= 4 is 0 Å². The summed E-state index contributed by atoms with van der Waals surface area (Å²) in [6.45, 7) is 3.69. The van der Waals surface area contributed by atoms with E-state index in [9.17, 15) is 5.11 Å². The molecule has 0 radical (unpaired) electrons. The van der Waals surface area contributed by atoms with Crippen LogP contribution < -0.4 is 0 Å². The normalized spacial score (nSPS) is 20.6. The van der Waals surface area contributed by atoms with Gasteiger partial charge in [0, 0.05) is 0 Å². The van der Waals surface area contributed by atoms with Crippen LogP contribution in [0.25, 0.3) is 0 Å². The van der Waals surface area contributed by atoms with Gasteiger partial charge in [-0.15, -0.1) is 6.58 Å². The van der Waals surface area contributed by atoms with Gasteiger partial charge in [-0.3, -0.25) is 0 Å². The van der Waals surface area contributed by atoms with Crippen LogP contribution in [0.2, 0.25) is 0 Å². The maximum Gasteiger partial charge on any atom is 0.0543 e. The maximum absolute atomic E-state index is 9.79. The number of allylic oxidation sites excluding steroid dienone is 1. The minimum absolute atomic E-state index is 0.0574. The molecule has 82 valence electrons. The molecule has 1 atom stereocenters. The van der Waals surface area contributed by atoms with E-state index in [4.69, 9.17) is 0 Å². The van der Waals surface area contributed by atoms with Crippen LogP contribution in [0.3, 0.4) is 0 Å². The van der Waals surface area contributed by atoms with Crippen LogP contribution in [0.4, 0.5) is 0 Å². The standard InChI is InChI=1S/C13H24O/c1-2-3-5-10-13(14)11-12-8-6-4-7-9-12/h2,12-14H,1,3-11H2. The molecule has 1 N–H and O–H groups in total. The summed E-state index contributed by atoms with van der Waals surface area (Å²) < 4.78 is 0. The minimum Gasteiger partial charge on any atom is -0.393 e. The predicted molar refractivity (Wildman–Crippen MR) is 61.2 cm³/mol. The van der Waals surface area contributed by atoms with Gasteiger partial charge in [0.1, 0.15) is 0 Å². The van der Waals surface area contributed by atoms with Crippen molar-refractivity contribution in [1.29, 1.82) is 0 Å². The zero-order valence-corrected chi connectivity index (χ0v) is 9.25. The second kappa shape index (κ2) is 7.05. The largest absolute Gasteiger partial charge is 0.393 e. The Bertz CT molecular complexity index is 147. The van der Waals surface area contributed by atoms with Crippen LogP contribution in [0, 0.1) is 5.92 Å². The highest BCUT2D eigenvalue weighted by molar-refractivity contribution is 4.72. The fourth-order valence-corrected chi connectivity index (χ4v) is 2.42. The lowest BCUT2D eigenvalue weighted by atomic mass is 9.84. The molecule has 0 bridgehead atoms. The topological polar surface area (TPSA) is 20.2 Å². The molecule has 1 heteroatoms. The fourth-order valence-electron chi connectivity index (χ4n) is 2.42. The first-order valence-corrected chi connectivity index (χ1v) is 6.12. The Balaban J connectivity index is 2.05. The Hall–Kier alpha value is -0.300. The number of aliphatic hydroxyl groups excluding tert-OH is 1. The molecule has 0 aromatic carbocycles. The molecular formula is C13H24O. The lowest BCUT2D eigenvalue weighted by Gasteiger charge is -2.23. The maximum atomic E-state index is 9.79. The molecule has 1 saturated carbocycles. The monoisotopic (exact) mass is 196 g/mol. The zero-order chi connectivity index (χ0) is 10.2. The van der Waals surface area contributed by atoms with Crippen LogP contribution >= 0.6 is 0 Å². The number of unbranched alkanes of at least 4 members (excludes halogenated alkanes) is 1. The van der Waals surface area contributed by atoms with Crippen molar-refractivity contribution in [2.45, 2.75) is 63.9 Å². The van der Waals surface area contributed by atoms with Crippen molar-refractivity contribution in [2.24, 2.45) is 5.92 Å². The van der Waals surface area contributed by atoms with E-state index in [0.29, 0.717) is 0 Å². The molecule has 0 aromatic rings. The highest BCUT2D eigenvalue weighted by atomic mass is 16.3. The summed E-state index contributed by atoms with van der Waals surface area (Å²) in [5.74, 6) is 0.808. The first-order chi connectivity index (χ1) is 6.83. The van der Waals surface area contributed by atoms with E-state index in [1.807, 2.05) is 6.08 Å². The second-order valence-electron chi connectivity index (χ2n) is 4.61. The first kappa shape index (κ1) is 11.8. The molecule has 0 saturated heterocycles. The molecule has 0 heterocycles. The van der Waals surface area contributed by atoms with E-state index in [0.717, 1.165) is 31.6 Å². The molecule has 1 fully saturated rings.